The third-order valence-electron chi connectivity index (χ3n) is 12.9. The highest BCUT2D eigenvalue weighted by Gasteiger charge is 2.26. The first-order valence-corrected chi connectivity index (χ1v) is 23.5. The van der Waals surface area contributed by atoms with E-state index in [2.05, 4.69) is 0 Å². The second-order valence-electron chi connectivity index (χ2n) is 17.6. The van der Waals surface area contributed by atoms with E-state index in [9.17, 15) is 38.4 Å². The van der Waals surface area contributed by atoms with E-state index in [1.807, 2.05) is 27.7 Å². The number of rotatable bonds is 16. The second kappa shape index (κ2) is 18.7. The maximum Gasteiger partial charge on any atom is 0.261 e. The smallest absolute Gasteiger partial charge is 0.261 e. The van der Waals surface area contributed by atoms with E-state index in [0.717, 1.165) is 44.0 Å². The van der Waals surface area contributed by atoms with E-state index in [-0.39, 0.29) is 69.3 Å². The summed E-state index contributed by atoms with van der Waals surface area (Å²) in [6, 6.07) is 11.7. The van der Waals surface area contributed by atoms with Gasteiger partial charge in [-0.05, 0) is 62.1 Å². The van der Waals surface area contributed by atoms with Crippen molar-refractivity contribution in [1.29, 1.82) is 0 Å². The van der Waals surface area contributed by atoms with Crippen LogP contribution in [0.3, 0.4) is 0 Å². The highest BCUT2D eigenvalue weighted by atomic mass is 16.5. The van der Waals surface area contributed by atoms with E-state index >= 15 is 0 Å². The Labute approximate surface area is 387 Å². The van der Waals surface area contributed by atoms with Crippen LogP contribution in [0, 0.1) is 0 Å². The Morgan fingerprint density at radius 3 is 0.676 bits per heavy atom. The summed E-state index contributed by atoms with van der Waals surface area (Å²) in [6.45, 7) is 8.02. The molecule has 4 aliphatic rings. The van der Waals surface area contributed by atoms with Gasteiger partial charge in [0.1, 0.15) is 23.0 Å². The Bertz CT molecular complexity index is 3100. The van der Waals surface area contributed by atoms with Crippen molar-refractivity contribution < 1.29 is 18.9 Å². The standard InChI is InChI=1S/C52H52N4O12/c1-5-9-13-65-41-23-42(66-14-10-6-2)30-17-29(41)25-53-45(57)33-19-35-36(20-34(33)46(53)58)50(62)55(49(35)61)27-31-18-32(44(68-16-12-8-4)24-43(31)67-15-11-7-3)28-56-51(63)39-21-37-38(22-40(39)52(56)64)48(60)54(26-30)47(37)59/h17-24H,5-16,25-28H2,1-4H3. The summed E-state index contributed by atoms with van der Waals surface area (Å²) < 4.78 is 29.0. The van der Waals surface area contributed by atoms with E-state index in [4.69, 9.17) is 18.9 Å². The average Bonchev–Trinajstić information content (AvgIpc) is 3.89. The largest absolute Gasteiger partial charge is 0.493 e. The van der Waals surface area contributed by atoms with Crippen LogP contribution in [0.15, 0.2) is 86.9 Å². The van der Waals surface area contributed by atoms with Gasteiger partial charge in [0.05, 0.1) is 95.7 Å². The summed E-state index contributed by atoms with van der Waals surface area (Å²) in [5.41, 5.74) is -3.98. The summed E-state index contributed by atoms with van der Waals surface area (Å²) >= 11 is 0. The first-order chi connectivity index (χ1) is 32.9. The molecule has 0 unspecified atom stereocenters. The number of hydrogen-bond acceptors (Lipinski definition) is 12. The lowest BCUT2D eigenvalue weighted by Gasteiger charge is -2.18. The average molecular weight is 925 g/mol. The molecule has 0 saturated heterocycles. The Kier molecular flexibility index (Phi) is 12.6. The van der Waals surface area contributed by atoms with Crippen molar-refractivity contribution in [3.8, 4) is 23.0 Å². The van der Waals surface area contributed by atoms with Gasteiger partial charge in [0.15, 0.2) is 0 Å². The maximum atomic E-state index is 14.3. The first-order valence-electron chi connectivity index (χ1n) is 23.5. The monoisotopic (exact) mass is 924 g/mol. The third-order valence-corrected chi connectivity index (χ3v) is 12.9. The van der Waals surface area contributed by atoms with Gasteiger partial charge < -0.3 is 18.9 Å². The van der Waals surface area contributed by atoms with Crippen LogP contribution in [0.1, 0.15) is 101 Å². The molecule has 12 rings (SSSR count). The van der Waals surface area contributed by atoms with Crippen molar-refractivity contribution in [1.82, 2.24) is 18.3 Å². The van der Waals surface area contributed by atoms with Crippen molar-refractivity contribution in [2.75, 3.05) is 26.4 Å². The van der Waals surface area contributed by atoms with Crippen LogP contribution in [0.25, 0.3) is 43.1 Å². The van der Waals surface area contributed by atoms with Crippen molar-refractivity contribution in [2.24, 2.45) is 0 Å². The molecule has 16 bridgehead atoms. The molecule has 0 radical (unpaired) electrons. The van der Waals surface area contributed by atoms with Crippen molar-refractivity contribution in [2.45, 2.75) is 105 Å². The van der Waals surface area contributed by atoms with Gasteiger partial charge in [-0.25, -0.2) is 0 Å². The zero-order chi connectivity index (χ0) is 48.0. The van der Waals surface area contributed by atoms with Crippen LogP contribution in [-0.4, -0.2) is 44.7 Å². The van der Waals surface area contributed by atoms with Crippen molar-refractivity contribution in [3.05, 3.63) is 154 Å². The fourth-order valence-electron chi connectivity index (χ4n) is 9.05. The molecule has 4 aliphatic heterocycles. The molecular weight excluding hydrogens is 873 g/mol. The molecule has 8 aromatic rings. The Morgan fingerprint density at radius 1 is 0.309 bits per heavy atom. The van der Waals surface area contributed by atoms with E-state index < -0.39 is 44.5 Å². The van der Waals surface area contributed by atoms with Crippen LogP contribution < -0.4 is 63.4 Å². The molecule has 0 amide bonds. The molecule has 8 heterocycles. The fourth-order valence-corrected chi connectivity index (χ4v) is 9.05. The predicted octanol–water partition coefficient (Wildman–Crippen LogP) is 5.36. The quantitative estimate of drug-likeness (QED) is 0.113. The molecule has 352 valence electrons. The van der Waals surface area contributed by atoms with Crippen molar-refractivity contribution >= 4 is 43.1 Å². The number of unbranched alkanes of at least 4 members (excludes halogenated alkanes) is 4. The van der Waals surface area contributed by atoms with Gasteiger partial charge >= 0.3 is 0 Å². The van der Waals surface area contributed by atoms with E-state index in [1.54, 1.807) is 24.3 Å². The summed E-state index contributed by atoms with van der Waals surface area (Å²) in [5.74, 6) is 1.27. The molecule has 0 atom stereocenters. The molecule has 4 aromatic heterocycles. The van der Waals surface area contributed by atoms with E-state index in [0.29, 0.717) is 97.4 Å². The summed E-state index contributed by atoms with van der Waals surface area (Å²) in [6.07, 6.45) is 6.05. The SMILES string of the molecule is CCCCOc1cc(OCCCC)c2cc1Cn1c(=O)c3cc4c(=O)n(c(=O)c4cc3c1=O)Cc1cc(c(OCCCC)cc1OCCCC)Cn1c(=O)c3cc4c(=O)n(c(=O)c4cc3c1=O)C2. The Morgan fingerprint density at radius 2 is 0.500 bits per heavy atom. The molecule has 0 aliphatic carbocycles. The fraction of sp³-hybridized carbons (Fsp3) is 0.385. The summed E-state index contributed by atoms with van der Waals surface area (Å²) in [5, 5.41) is -0.389. The minimum absolute atomic E-state index is 0.0486. The second-order valence-corrected chi connectivity index (χ2v) is 17.6. The van der Waals surface area contributed by atoms with Gasteiger partial charge in [-0.15, -0.1) is 0 Å². The first kappa shape index (κ1) is 45.8. The molecule has 0 spiro atoms. The van der Waals surface area contributed by atoms with Crippen LogP contribution >= 0.6 is 0 Å². The number of nitrogens with zero attached hydrogens (tertiary/aromatic N) is 4. The van der Waals surface area contributed by atoms with Crippen LogP contribution in [0.5, 0.6) is 23.0 Å². The number of benzene rings is 4. The van der Waals surface area contributed by atoms with Gasteiger partial charge in [-0.3, -0.25) is 56.6 Å². The van der Waals surface area contributed by atoms with Gasteiger partial charge in [0.2, 0.25) is 0 Å². The highest BCUT2D eigenvalue weighted by molar-refractivity contribution is 5.99. The van der Waals surface area contributed by atoms with Gasteiger partial charge in [0.25, 0.3) is 44.5 Å². The van der Waals surface area contributed by atoms with Crippen molar-refractivity contribution in [3.63, 3.8) is 0 Å². The predicted molar refractivity (Wildman–Crippen MR) is 261 cm³/mol. The highest BCUT2D eigenvalue weighted by Crippen LogP contribution is 2.33. The number of aromatic nitrogens is 4. The number of hydrogen-bond donors (Lipinski definition) is 0. The molecule has 0 fully saturated rings. The molecule has 68 heavy (non-hydrogen) atoms. The molecule has 16 nitrogen and oxygen atoms in total. The molecule has 0 N–H and O–H groups in total. The number of ether oxygens (including phenoxy) is 4. The third kappa shape index (κ3) is 7.94. The Balaban J connectivity index is 1.32. The molecular formula is C52H52N4O12. The minimum atomic E-state index is -0.685. The lowest BCUT2D eigenvalue weighted by atomic mass is 10.1. The summed E-state index contributed by atoms with van der Waals surface area (Å²) in [4.78, 5) is 114. The van der Waals surface area contributed by atoms with Gasteiger partial charge in [0, 0.05) is 34.4 Å². The van der Waals surface area contributed by atoms with Gasteiger partial charge in [-0.2, -0.15) is 0 Å². The normalized spacial score (nSPS) is 12.8. The molecule has 0 saturated carbocycles. The zero-order valence-electron chi connectivity index (χ0n) is 38.6. The van der Waals surface area contributed by atoms with Crippen LogP contribution in [0.2, 0.25) is 0 Å². The van der Waals surface area contributed by atoms with Crippen LogP contribution in [-0.2, 0) is 26.2 Å². The molecule has 16 heteroatoms. The topological polar surface area (TPSA) is 193 Å². The minimum Gasteiger partial charge on any atom is -0.493 e. The van der Waals surface area contributed by atoms with E-state index in [1.165, 1.54) is 24.3 Å². The molecule has 4 aromatic carbocycles. The summed E-state index contributed by atoms with van der Waals surface area (Å²) in [7, 11) is 0. The lowest BCUT2D eigenvalue weighted by Crippen LogP contribution is -2.28. The Hall–Kier alpha value is -7.36. The maximum absolute atomic E-state index is 14.3. The lowest BCUT2D eigenvalue weighted by molar-refractivity contribution is 0.289. The zero-order valence-corrected chi connectivity index (χ0v) is 38.6. The van der Waals surface area contributed by atoms with Gasteiger partial charge in [-0.1, -0.05) is 53.4 Å². The van der Waals surface area contributed by atoms with Crippen LogP contribution in [0.4, 0.5) is 0 Å².